The molecule has 0 amide bonds. The van der Waals surface area contributed by atoms with Crippen LogP contribution in [0, 0.1) is 17.8 Å². The topological polar surface area (TPSA) is 24.1 Å². The van der Waals surface area contributed by atoms with Crippen LogP contribution in [-0.4, -0.2) is 26.2 Å². The molecule has 16 heavy (non-hydrogen) atoms. The van der Waals surface area contributed by atoms with Gasteiger partial charge in [-0.2, -0.15) is 0 Å². The van der Waals surface area contributed by atoms with Gasteiger partial charge in [0.2, 0.25) is 0 Å². The second-order valence-electron chi connectivity index (χ2n) is 5.47. The van der Waals surface area contributed by atoms with E-state index in [9.17, 15) is 0 Å². The smallest absolute Gasteiger partial charge is 0.000523 e. The van der Waals surface area contributed by atoms with Gasteiger partial charge in [-0.05, 0) is 50.4 Å². The first-order valence-corrected chi connectivity index (χ1v) is 7.19. The predicted molar refractivity (Wildman–Crippen MR) is 71.7 cm³/mol. The van der Waals surface area contributed by atoms with E-state index in [1.807, 2.05) is 0 Å². The van der Waals surface area contributed by atoms with Crippen LogP contribution in [0.5, 0.6) is 0 Å². The largest absolute Gasteiger partial charge is 0.316 e. The van der Waals surface area contributed by atoms with Crippen molar-refractivity contribution >= 4 is 0 Å². The molecule has 1 aliphatic rings. The fourth-order valence-electron chi connectivity index (χ4n) is 2.55. The Balaban J connectivity index is 2.08. The quantitative estimate of drug-likeness (QED) is 0.665. The van der Waals surface area contributed by atoms with Crippen molar-refractivity contribution < 1.29 is 0 Å². The zero-order valence-corrected chi connectivity index (χ0v) is 11.4. The molecule has 1 unspecified atom stereocenters. The number of hydrogen-bond donors (Lipinski definition) is 2. The third-order valence-electron chi connectivity index (χ3n) is 4.06. The SMILES string of the molecule is CCCCC(CC)CNC[C@@H]1CNC[C@H]1C. The van der Waals surface area contributed by atoms with Crippen molar-refractivity contribution in [3.05, 3.63) is 0 Å². The highest BCUT2D eigenvalue weighted by atomic mass is 14.9. The molecule has 0 saturated carbocycles. The molecule has 1 fully saturated rings. The summed E-state index contributed by atoms with van der Waals surface area (Å²) >= 11 is 0. The van der Waals surface area contributed by atoms with Crippen molar-refractivity contribution in [1.82, 2.24) is 10.6 Å². The standard InChI is InChI=1S/C14H30N2/c1-4-6-7-13(5-2)9-16-11-14-10-15-8-12(14)3/h12-16H,4-11H2,1-3H3/t12-,13?,14+/m1/s1. The maximum atomic E-state index is 3.68. The van der Waals surface area contributed by atoms with Crippen molar-refractivity contribution in [2.45, 2.75) is 46.5 Å². The molecule has 1 heterocycles. The molecule has 0 aromatic heterocycles. The summed E-state index contributed by atoms with van der Waals surface area (Å²) in [4.78, 5) is 0. The Hall–Kier alpha value is -0.0800. The number of nitrogens with one attached hydrogen (secondary N) is 2. The van der Waals surface area contributed by atoms with E-state index in [4.69, 9.17) is 0 Å². The summed E-state index contributed by atoms with van der Waals surface area (Å²) in [5.41, 5.74) is 0. The van der Waals surface area contributed by atoms with Gasteiger partial charge in [0.25, 0.3) is 0 Å². The Morgan fingerprint density at radius 3 is 2.69 bits per heavy atom. The van der Waals surface area contributed by atoms with Crippen molar-refractivity contribution in [3.8, 4) is 0 Å². The van der Waals surface area contributed by atoms with Crippen LogP contribution < -0.4 is 10.6 Å². The van der Waals surface area contributed by atoms with E-state index in [1.54, 1.807) is 0 Å². The van der Waals surface area contributed by atoms with Crippen LogP contribution >= 0.6 is 0 Å². The molecule has 2 heteroatoms. The van der Waals surface area contributed by atoms with Crippen LogP contribution in [0.4, 0.5) is 0 Å². The lowest BCUT2D eigenvalue weighted by Crippen LogP contribution is -2.30. The highest BCUT2D eigenvalue weighted by Gasteiger charge is 2.22. The van der Waals surface area contributed by atoms with E-state index in [0.29, 0.717) is 0 Å². The molecule has 0 aliphatic carbocycles. The molecule has 0 aromatic rings. The van der Waals surface area contributed by atoms with E-state index >= 15 is 0 Å². The van der Waals surface area contributed by atoms with Crippen LogP contribution in [0.25, 0.3) is 0 Å². The van der Waals surface area contributed by atoms with Crippen LogP contribution in [0.1, 0.15) is 46.5 Å². The van der Waals surface area contributed by atoms with Gasteiger partial charge in [-0.15, -0.1) is 0 Å². The normalized spacial score (nSPS) is 27.2. The Morgan fingerprint density at radius 2 is 2.12 bits per heavy atom. The van der Waals surface area contributed by atoms with Crippen LogP contribution in [0.3, 0.4) is 0 Å². The summed E-state index contributed by atoms with van der Waals surface area (Å²) < 4.78 is 0. The maximum absolute atomic E-state index is 3.68. The molecule has 2 N–H and O–H groups in total. The van der Waals surface area contributed by atoms with Gasteiger partial charge in [0.05, 0.1) is 0 Å². The maximum Gasteiger partial charge on any atom is -0.000523 e. The van der Waals surface area contributed by atoms with Gasteiger partial charge < -0.3 is 10.6 Å². The summed E-state index contributed by atoms with van der Waals surface area (Å²) in [5.74, 6) is 2.59. The summed E-state index contributed by atoms with van der Waals surface area (Å²) in [5, 5.41) is 7.15. The molecular weight excluding hydrogens is 196 g/mol. The molecule has 1 saturated heterocycles. The molecule has 0 bridgehead atoms. The van der Waals surface area contributed by atoms with Gasteiger partial charge in [0.1, 0.15) is 0 Å². The van der Waals surface area contributed by atoms with Crippen LogP contribution in [-0.2, 0) is 0 Å². The van der Waals surface area contributed by atoms with Gasteiger partial charge in [0, 0.05) is 0 Å². The minimum Gasteiger partial charge on any atom is -0.316 e. The van der Waals surface area contributed by atoms with Crippen molar-refractivity contribution in [2.24, 2.45) is 17.8 Å². The molecule has 1 aliphatic heterocycles. The average Bonchev–Trinajstić information content (AvgIpc) is 2.69. The van der Waals surface area contributed by atoms with Crippen LogP contribution in [0.15, 0.2) is 0 Å². The lowest BCUT2D eigenvalue weighted by molar-refractivity contribution is 0.372. The van der Waals surface area contributed by atoms with E-state index in [1.165, 1.54) is 51.9 Å². The van der Waals surface area contributed by atoms with Crippen molar-refractivity contribution in [2.75, 3.05) is 26.2 Å². The highest BCUT2D eigenvalue weighted by molar-refractivity contribution is 4.79. The molecule has 0 radical (unpaired) electrons. The van der Waals surface area contributed by atoms with Gasteiger partial charge >= 0.3 is 0 Å². The minimum absolute atomic E-state index is 0.850. The van der Waals surface area contributed by atoms with Gasteiger partial charge in [0.15, 0.2) is 0 Å². The first kappa shape index (κ1) is 14.0. The minimum atomic E-state index is 0.850. The number of hydrogen-bond acceptors (Lipinski definition) is 2. The molecular formula is C14H30N2. The Bertz CT molecular complexity index is 170. The van der Waals surface area contributed by atoms with Crippen LogP contribution in [0.2, 0.25) is 0 Å². The molecule has 3 atom stereocenters. The fraction of sp³-hybridized carbons (Fsp3) is 1.00. The summed E-state index contributed by atoms with van der Waals surface area (Å²) in [6, 6.07) is 0. The Labute approximate surface area is 102 Å². The monoisotopic (exact) mass is 226 g/mol. The van der Waals surface area contributed by atoms with E-state index in [-0.39, 0.29) is 0 Å². The Morgan fingerprint density at radius 1 is 1.31 bits per heavy atom. The Kier molecular flexibility index (Phi) is 7.06. The van der Waals surface area contributed by atoms with E-state index in [2.05, 4.69) is 31.4 Å². The lowest BCUT2D eigenvalue weighted by Gasteiger charge is -2.19. The van der Waals surface area contributed by atoms with Gasteiger partial charge in [-0.1, -0.05) is 40.0 Å². The zero-order valence-electron chi connectivity index (χ0n) is 11.4. The van der Waals surface area contributed by atoms with Gasteiger partial charge in [-0.25, -0.2) is 0 Å². The first-order chi connectivity index (χ1) is 7.77. The van der Waals surface area contributed by atoms with Crippen molar-refractivity contribution in [3.63, 3.8) is 0 Å². The zero-order chi connectivity index (χ0) is 11.8. The summed E-state index contributed by atoms with van der Waals surface area (Å²) in [6.45, 7) is 11.8. The molecule has 96 valence electrons. The third kappa shape index (κ3) is 4.84. The third-order valence-corrected chi connectivity index (χ3v) is 4.06. The number of rotatable bonds is 8. The number of unbranched alkanes of at least 4 members (excludes halogenated alkanes) is 1. The van der Waals surface area contributed by atoms with Crippen molar-refractivity contribution in [1.29, 1.82) is 0 Å². The van der Waals surface area contributed by atoms with Gasteiger partial charge in [-0.3, -0.25) is 0 Å². The average molecular weight is 226 g/mol. The fourth-order valence-corrected chi connectivity index (χ4v) is 2.55. The summed E-state index contributed by atoms with van der Waals surface area (Å²) in [7, 11) is 0. The lowest BCUT2D eigenvalue weighted by atomic mass is 9.96. The second-order valence-corrected chi connectivity index (χ2v) is 5.47. The predicted octanol–water partition coefficient (Wildman–Crippen LogP) is 2.65. The van der Waals surface area contributed by atoms with E-state index in [0.717, 1.165) is 17.8 Å². The molecule has 2 nitrogen and oxygen atoms in total. The first-order valence-electron chi connectivity index (χ1n) is 7.19. The summed E-state index contributed by atoms with van der Waals surface area (Å²) in [6.07, 6.45) is 5.45. The van der Waals surface area contributed by atoms with E-state index < -0.39 is 0 Å². The second kappa shape index (κ2) is 8.08. The molecule has 0 spiro atoms. The highest BCUT2D eigenvalue weighted by Crippen LogP contribution is 2.15. The molecule has 0 aromatic carbocycles. The molecule has 1 rings (SSSR count).